The number of rotatable bonds is 9. The Morgan fingerprint density at radius 3 is 2.06 bits per heavy atom. The van der Waals surface area contributed by atoms with Crippen molar-refractivity contribution in [3.8, 4) is 0 Å². The van der Waals surface area contributed by atoms with Crippen LogP contribution in [0.4, 0.5) is 8.78 Å². The van der Waals surface area contributed by atoms with Crippen LogP contribution in [0.1, 0.15) is 43.9 Å². The fraction of sp³-hybridized carbons (Fsp3) is 0.423. The molecule has 0 aromatic heterocycles. The molecule has 1 aliphatic rings. The van der Waals surface area contributed by atoms with Gasteiger partial charge < -0.3 is 14.4 Å². The van der Waals surface area contributed by atoms with Crippen molar-refractivity contribution in [3.63, 3.8) is 0 Å². The molecule has 4 nitrogen and oxygen atoms in total. The van der Waals surface area contributed by atoms with Gasteiger partial charge >= 0.3 is 5.97 Å². The minimum absolute atomic E-state index is 0.240. The van der Waals surface area contributed by atoms with E-state index in [4.69, 9.17) is 9.47 Å². The number of hydrogen-bond donors (Lipinski definition) is 0. The van der Waals surface area contributed by atoms with E-state index in [-0.39, 0.29) is 23.7 Å². The quantitative estimate of drug-likeness (QED) is 0.390. The fourth-order valence-electron chi connectivity index (χ4n) is 3.97. The van der Waals surface area contributed by atoms with Gasteiger partial charge in [-0.05, 0) is 81.1 Å². The molecule has 172 valence electrons. The molecule has 2 aromatic carbocycles. The molecule has 0 atom stereocenters. The predicted molar refractivity (Wildman–Crippen MR) is 120 cm³/mol. The van der Waals surface area contributed by atoms with E-state index in [9.17, 15) is 13.6 Å². The third kappa shape index (κ3) is 6.97. The van der Waals surface area contributed by atoms with Gasteiger partial charge in [0.05, 0.1) is 13.2 Å². The van der Waals surface area contributed by atoms with Crippen molar-refractivity contribution in [3.05, 3.63) is 82.9 Å². The Balaban J connectivity index is 1.53. The van der Waals surface area contributed by atoms with Gasteiger partial charge in [0.2, 0.25) is 0 Å². The van der Waals surface area contributed by atoms with Crippen LogP contribution in [0.25, 0.3) is 0 Å². The highest BCUT2D eigenvalue weighted by molar-refractivity contribution is 5.87. The van der Waals surface area contributed by atoms with Crippen LogP contribution in [0, 0.1) is 17.6 Å². The molecule has 1 heterocycles. The summed E-state index contributed by atoms with van der Waals surface area (Å²) < 4.78 is 38.0. The van der Waals surface area contributed by atoms with E-state index in [1.54, 1.807) is 24.3 Å². The summed E-state index contributed by atoms with van der Waals surface area (Å²) in [6.07, 6.45) is 3.61. The molecule has 0 N–H and O–H groups in total. The van der Waals surface area contributed by atoms with Gasteiger partial charge in [-0.3, -0.25) is 0 Å². The van der Waals surface area contributed by atoms with E-state index in [0.717, 1.165) is 43.6 Å². The van der Waals surface area contributed by atoms with Crippen molar-refractivity contribution in [2.75, 3.05) is 32.8 Å². The van der Waals surface area contributed by atoms with Crippen LogP contribution >= 0.6 is 0 Å². The molecular formula is C26H31F2NO3. The molecule has 1 fully saturated rings. The molecule has 6 heteroatoms. The summed E-state index contributed by atoms with van der Waals surface area (Å²) >= 11 is 0. The van der Waals surface area contributed by atoms with Crippen LogP contribution in [0.5, 0.6) is 0 Å². The van der Waals surface area contributed by atoms with E-state index in [1.165, 1.54) is 24.3 Å². The number of nitrogens with zero attached hydrogens (tertiary/aromatic N) is 1. The number of allylic oxidation sites excluding steroid dienone is 1. The number of esters is 1. The highest BCUT2D eigenvalue weighted by Gasteiger charge is 2.20. The molecule has 3 rings (SSSR count). The standard InChI is InChI=1S/C26H31F2NO3/c1-3-31-26(30)19(2)18-20-12-14-29(15-13-20)16-17-32-25(21-4-8-23(27)9-5-21)22-6-10-24(28)11-7-22/h4-11,18,20,25H,3,12-17H2,1-2H3/b19-18+. The number of halogens is 2. The Hall–Kier alpha value is -2.57. The molecule has 0 saturated carbocycles. The van der Waals surface area contributed by atoms with Gasteiger partial charge in [-0.2, -0.15) is 0 Å². The third-order valence-electron chi connectivity index (χ3n) is 5.75. The second-order valence-corrected chi connectivity index (χ2v) is 8.10. The average Bonchev–Trinajstić information content (AvgIpc) is 2.79. The molecule has 32 heavy (non-hydrogen) atoms. The molecule has 0 unspecified atom stereocenters. The molecule has 0 aliphatic carbocycles. The van der Waals surface area contributed by atoms with Crippen LogP contribution in [-0.2, 0) is 14.3 Å². The first-order valence-electron chi connectivity index (χ1n) is 11.2. The van der Waals surface area contributed by atoms with Crippen molar-refractivity contribution in [2.45, 2.75) is 32.8 Å². The van der Waals surface area contributed by atoms with Crippen LogP contribution in [-0.4, -0.2) is 43.7 Å². The highest BCUT2D eigenvalue weighted by Crippen LogP contribution is 2.27. The maximum Gasteiger partial charge on any atom is 0.333 e. The Morgan fingerprint density at radius 1 is 1.03 bits per heavy atom. The molecule has 0 radical (unpaired) electrons. The van der Waals surface area contributed by atoms with Crippen LogP contribution in [0.15, 0.2) is 60.2 Å². The highest BCUT2D eigenvalue weighted by atomic mass is 19.1. The van der Waals surface area contributed by atoms with Crippen molar-refractivity contribution in [1.29, 1.82) is 0 Å². The zero-order valence-corrected chi connectivity index (χ0v) is 18.7. The summed E-state index contributed by atoms with van der Waals surface area (Å²) in [5.41, 5.74) is 2.34. The number of likely N-dealkylation sites (tertiary alicyclic amines) is 1. The smallest absolute Gasteiger partial charge is 0.333 e. The summed E-state index contributed by atoms with van der Waals surface area (Å²) in [7, 11) is 0. The van der Waals surface area contributed by atoms with Crippen molar-refractivity contribution in [1.82, 2.24) is 4.90 Å². The normalized spacial score (nSPS) is 15.8. The SMILES string of the molecule is CCOC(=O)/C(C)=C/C1CCN(CCOC(c2ccc(F)cc2)c2ccc(F)cc2)CC1. The van der Waals surface area contributed by atoms with Gasteiger partial charge in [-0.15, -0.1) is 0 Å². The molecule has 1 aliphatic heterocycles. The van der Waals surface area contributed by atoms with E-state index in [2.05, 4.69) is 4.90 Å². The zero-order chi connectivity index (χ0) is 22.9. The summed E-state index contributed by atoms with van der Waals surface area (Å²) in [5, 5.41) is 0. The second-order valence-electron chi connectivity index (χ2n) is 8.10. The van der Waals surface area contributed by atoms with Gasteiger partial charge in [0.1, 0.15) is 17.7 Å². The lowest BCUT2D eigenvalue weighted by atomic mass is 9.94. The predicted octanol–water partition coefficient (Wildman–Crippen LogP) is 5.29. The van der Waals surface area contributed by atoms with E-state index in [0.29, 0.717) is 24.7 Å². The number of benzene rings is 2. The topological polar surface area (TPSA) is 38.8 Å². The van der Waals surface area contributed by atoms with Gasteiger partial charge in [0.15, 0.2) is 0 Å². The summed E-state index contributed by atoms with van der Waals surface area (Å²) in [6, 6.07) is 12.4. The van der Waals surface area contributed by atoms with Crippen molar-refractivity contribution in [2.24, 2.45) is 5.92 Å². The van der Waals surface area contributed by atoms with E-state index >= 15 is 0 Å². The number of carbonyl (C=O) groups excluding carboxylic acids is 1. The monoisotopic (exact) mass is 443 g/mol. The van der Waals surface area contributed by atoms with Gasteiger partial charge in [-0.25, -0.2) is 13.6 Å². The lowest BCUT2D eigenvalue weighted by Crippen LogP contribution is -2.36. The molecule has 1 saturated heterocycles. The Bertz CT molecular complexity index is 843. The largest absolute Gasteiger partial charge is 0.463 e. The van der Waals surface area contributed by atoms with Crippen LogP contribution < -0.4 is 0 Å². The summed E-state index contributed by atoms with van der Waals surface area (Å²) in [4.78, 5) is 14.1. The minimum atomic E-state index is -0.385. The van der Waals surface area contributed by atoms with Crippen LogP contribution in [0.2, 0.25) is 0 Å². The lowest BCUT2D eigenvalue weighted by Gasteiger charge is -2.31. The molecule has 2 aromatic rings. The Labute approximate surface area is 188 Å². The maximum absolute atomic E-state index is 13.4. The molecule has 0 spiro atoms. The molecule has 0 amide bonds. The number of carbonyl (C=O) groups is 1. The van der Waals surface area contributed by atoms with E-state index < -0.39 is 0 Å². The third-order valence-corrected chi connectivity index (χ3v) is 5.75. The summed E-state index contributed by atoms with van der Waals surface area (Å²) in [6.45, 7) is 7.13. The fourth-order valence-corrected chi connectivity index (χ4v) is 3.97. The Kier molecular flexibility index (Phi) is 8.94. The maximum atomic E-state index is 13.4. The van der Waals surface area contributed by atoms with Gasteiger partial charge in [0, 0.05) is 12.1 Å². The summed E-state index contributed by atoms with van der Waals surface area (Å²) in [5.74, 6) is -0.470. The first kappa shape index (κ1) is 24.1. The zero-order valence-electron chi connectivity index (χ0n) is 18.7. The first-order chi connectivity index (χ1) is 15.5. The van der Waals surface area contributed by atoms with Crippen LogP contribution in [0.3, 0.4) is 0 Å². The van der Waals surface area contributed by atoms with Gasteiger partial charge in [0.25, 0.3) is 0 Å². The lowest BCUT2D eigenvalue weighted by molar-refractivity contribution is -0.138. The number of ether oxygens (including phenoxy) is 2. The minimum Gasteiger partial charge on any atom is -0.463 e. The molecular weight excluding hydrogens is 412 g/mol. The molecule has 0 bridgehead atoms. The van der Waals surface area contributed by atoms with Crippen molar-refractivity contribution < 1.29 is 23.0 Å². The van der Waals surface area contributed by atoms with E-state index in [1.807, 2.05) is 19.9 Å². The Morgan fingerprint density at radius 2 is 1.56 bits per heavy atom. The number of hydrogen-bond acceptors (Lipinski definition) is 4. The van der Waals surface area contributed by atoms with Gasteiger partial charge in [-0.1, -0.05) is 30.3 Å². The second kappa shape index (κ2) is 11.9. The first-order valence-corrected chi connectivity index (χ1v) is 11.2. The average molecular weight is 444 g/mol. The number of piperidine rings is 1. The van der Waals surface area contributed by atoms with Crippen molar-refractivity contribution >= 4 is 5.97 Å².